The number of carbonyl (C=O) groups is 3. The minimum Gasteiger partial charge on any atom is -0.494 e. The molecular formula is C32H38N4O6. The van der Waals surface area contributed by atoms with Crippen molar-refractivity contribution in [1.82, 2.24) is 19.7 Å². The highest BCUT2D eigenvalue weighted by Gasteiger charge is 2.32. The van der Waals surface area contributed by atoms with Crippen LogP contribution in [0.3, 0.4) is 0 Å². The summed E-state index contributed by atoms with van der Waals surface area (Å²) in [5, 5.41) is 3.14. The van der Waals surface area contributed by atoms with E-state index in [1.807, 2.05) is 55.1 Å². The molecule has 5 rings (SSSR count). The van der Waals surface area contributed by atoms with Crippen molar-refractivity contribution in [3.63, 3.8) is 0 Å². The van der Waals surface area contributed by atoms with Crippen LogP contribution in [0.15, 0.2) is 54.7 Å². The number of piperidine rings is 1. The molecule has 0 aliphatic carbocycles. The summed E-state index contributed by atoms with van der Waals surface area (Å²) < 4.78 is 20.2. The first-order valence-corrected chi connectivity index (χ1v) is 14.3. The van der Waals surface area contributed by atoms with Crippen LogP contribution in [0.5, 0.6) is 17.2 Å². The number of amides is 2. The van der Waals surface area contributed by atoms with Crippen LogP contribution < -0.4 is 14.8 Å². The molecule has 10 nitrogen and oxygen atoms in total. The minimum absolute atomic E-state index is 0.0303. The number of aromatic nitrogens is 1. The highest BCUT2D eigenvalue weighted by molar-refractivity contribution is 5.97. The van der Waals surface area contributed by atoms with E-state index in [1.165, 1.54) is 4.90 Å². The summed E-state index contributed by atoms with van der Waals surface area (Å²) >= 11 is 0. The number of aryl methyl sites for hydroxylation is 1. The molecule has 0 unspecified atom stereocenters. The van der Waals surface area contributed by atoms with Crippen LogP contribution in [0.1, 0.15) is 52.2 Å². The lowest BCUT2D eigenvalue weighted by molar-refractivity contribution is -0.125. The molecule has 1 fully saturated rings. The minimum atomic E-state index is -0.319. The van der Waals surface area contributed by atoms with Gasteiger partial charge in [0.1, 0.15) is 17.2 Å². The van der Waals surface area contributed by atoms with Crippen molar-refractivity contribution in [3.8, 4) is 17.2 Å². The maximum absolute atomic E-state index is 13.4. The maximum atomic E-state index is 13.4. The smallest absolute Gasteiger partial charge is 0.254 e. The van der Waals surface area contributed by atoms with Gasteiger partial charge < -0.3 is 29.0 Å². The van der Waals surface area contributed by atoms with Gasteiger partial charge >= 0.3 is 0 Å². The number of carbonyl (C=O) groups excluding carboxylic acids is 3. The molecule has 3 aromatic rings. The Kier molecular flexibility index (Phi) is 8.94. The lowest BCUT2D eigenvalue weighted by Crippen LogP contribution is -2.57. The molecule has 42 heavy (non-hydrogen) atoms. The summed E-state index contributed by atoms with van der Waals surface area (Å²) in [4.78, 5) is 42.1. The molecule has 1 aromatic heterocycles. The highest BCUT2D eigenvalue weighted by atomic mass is 16.5. The van der Waals surface area contributed by atoms with E-state index in [0.717, 1.165) is 17.8 Å². The summed E-state index contributed by atoms with van der Waals surface area (Å²) in [5.74, 6) is 1.04. The Morgan fingerprint density at radius 3 is 2.69 bits per heavy atom. The number of fused-ring (bicyclic) bond motifs is 5. The molecule has 2 atom stereocenters. The normalized spacial score (nSPS) is 20.0. The number of nitrogens with zero attached hydrogens (tertiary/aromatic N) is 3. The number of nitrogens with one attached hydrogen (secondary N) is 1. The van der Waals surface area contributed by atoms with Gasteiger partial charge in [0, 0.05) is 62.8 Å². The zero-order chi connectivity index (χ0) is 29.8. The Morgan fingerprint density at radius 2 is 1.93 bits per heavy atom. The number of benzene rings is 2. The van der Waals surface area contributed by atoms with Crippen LogP contribution >= 0.6 is 0 Å². The molecule has 10 heteroatoms. The Bertz CT molecular complexity index is 1470. The van der Waals surface area contributed by atoms with Gasteiger partial charge in [-0.2, -0.15) is 0 Å². The van der Waals surface area contributed by atoms with Gasteiger partial charge in [0.2, 0.25) is 5.91 Å². The van der Waals surface area contributed by atoms with Crippen LogP contribution in [0, 0.1) is 0 Å². The molecule has 4 bridgehead atoms. The number of hydrogen-bond donors (Lipinski definition) is 1. The van der Waals surface area contributed by atoms with Crippen LogP contribution in [0.4, 0.5) is 0 Å². The molecule has 0 spiro atoms. The fraction of sp³-hybridized carbons (Fsp3) is 0.406. The van der Waals surface area contributed by atoms with E-state index in [9.17, 15) is 14.4 Å². The van der Waals surface area contributed by atoms with Crippen molar-refractivity contribution >= 4 is 17.6 Å². The SMILES string of the molecule is CCOc1cc2cc(c1)C(=O)N(C)CC(=O)N[C@H]1CN(Cc3cc(C(C)=O)cn3C)CC[C@H]1OCc1cccc(c1)O2. The first-order chi connectivity index (χ1) is 20.2. The van der Waals surface area contributed by atoms with Crippen molar-refractivity contribution in [2.45, 2.75) is 45.6 Å². The summed E-state index contributed by atoms with van der Waals surface area (Å²) in [7, 11) is 3.54. The van der Waals surface area contributed by atoms with Crippen molar-refractivity contribution in [2.75, 3.05) is 33.3 Å². The Labute approximate surface area is 246 Å². The van der Waals surface area contributed by atoms with Crippen LogP contribution in [-0.4, -0.2) is 77.4 Å². The van der Waals surface area contributed by atoms with Gasteiger partial charge in [0.25, 0.3) is 5.91 Å². The fourth-order valence-corrected chi connectivity index (χ4v) is 5.47. The van der Waals surface area contributed by atoms with E-state index in [-0.39, 0.29) is 36.3 Å². The van der Waals surface area contributed by atoms with Gasteiger partial charge in [0.15, 0.2) is 5.78 Å². The molecule has 2 aromatic carbocycles. The zero-order valence-corrected chi connectivity index (χ0v) is 24.6. The third-order valence-electron chi connectivity index (χ3n) is 7.64. The van der Waals surface area contributed by atoms with Crippen LogP contribution in [0.2, 0.25) is 0 Å². The Balaban J connectivity index is 1.39. The lowest BCUT2D eigenvalue weighted by atomic mass is 10.0. The number of likely N-dealkylation sites (N-methyl/N-ethyl adjacent to an activating group) is 1. The molecule has 3 heterocycles. The van der Waals surface area contributed by atoms with Crippen molar-refractivity contribution in [1.29, 1.82) is 0 Å². The fourth-order valence-electron chi connectivity index (χ4n) is 5.47. The number of hydrogen-bond acceptors (Lipinski definition) is 7. The zero-order valence-electron chi connectivity index (χ0n) is 24.6. The number of Topliss-reactive ketones (excluding diaryl/α,β-unsaturated/α-hetero) is 1. The first-order valence-electron chi connectivity index (χ1n) is 14.3. The second-order valence-electron chi connectivity index (χ2n) is 11.0. The lowest BCUT2D eigenvalue weighted by Gasteiger charge is -2.39. The quantitative estimate of drug-likeness (QED) is 0.463. The number of likely N-dealkylation sites (tertiary alicyclic amines) is 1. The maximum Gasteiger partial charge on any atom is 0.254 e. The molecule has 2 amide bonds. The number of ether oxygens (including phenoxy) is 3. The average molecular weight is 575 g/mol. The van der Waals surface area contributed by atoms with Gasteiger partial charge in [-0.25, -0.2) is 0 Å². The van der Waals surface area contributed by atoms with E-state index >= 15 is 0 Å². The molecule has 2 aliphatic rings. The molecule has 222 valence electrons. The Hall–Kier alpha value is -4.15. The first kappa shape index (κ1) is 29.3. The largest absolute Gasteiger partial charge is 0.494 e. The second-order valence-corrected chi connectivity index (χ2v) is 11.0. The third kappa shape index (κ3) is 7.00. The van der Waals surface area contributed by atoms with Gasteiger partial charge in [-0.1, -0.05) is 12.1 Å². The highest BCUT2D eigenvalue weighted by Crippen LogP contribution is 2.29. The topological polar surface area (TPSA) is 102 Å². The summed E-state index contributed by atoms with van der Waals surface area (Å²) in [6, 6.07) is 14.3. The monoisotopic (exact) mass is 574 g/mol. The van der Waals surface area contributed by atoms with Crippen LogP contribution in [0.25, 0.3) is 0 Å². The van der Waals surface area contributed by atoms with E-state index in [4.69, 9.17) is 14.2 Å². The molecular weight excluding hydrogens is 536 g/mol. The molecule has 2 aliphatic heterocycles. The van der Waals surface area contributed by atoms with Crippen molar-refractivity contribution < 1.29 is 28.6 Å². The van der Waals surface area contributed by atoms with E-state index in [1.54, 1.807) is 32.2 Å². The third-order valence-corrected chi connectivity index (χ3v) is 7.64. The van der Waals surface area contributed by atoms with Gasteiger partial charge in [-0.15, -0.1) is 0 Å². The van der Waals surface area contributed by atoms with Gasteiger partial charge in [0.05, 0.1) is 31.9 Å². The Morgan fingerprint density at radius 1 is 1.10 bits per heavy atom. The molecule has 0 saturated carbocycles. The number of rotatable bonds is 5. The van der Waals surface area contributed by atoms with Gasteiger partial charge in [-0.3, -0.25) is 19.3 Å². The predicted molar refractivity (Wildman–Crippen MR) is 157 cm³/mol. The van der Waals surface area contributed by atoms with E-state index < -0.39 is 0 Å². The standard InChI is InChI=1S/C32H38N4O6/c1-5-40-27-13-23-14-28(15-27)42-26-8-6-7-22(11-26)20-41-30-9-10-36(17-25-12-24(21(2)37)16-34(25)3)18-29(30)33-31(38)19-35(4)32(23)39/h6-8,11-16,29-30H,5,9-10,17-20H2,1-4H3,(H,33,38)/t29-,30+/m0/s1. The summed E-state index contributed by atoms with van der Waals surface area (Å²) in [6.45, 7) is 6.09. The summed E-state index contributed by atoms with van der Waals surface area (Å²) in [5.41, 5.74) is 3.01. The van der Waals surface area contributed by atoms with Crippen molar-refractivity contribution in [2.24, 2.45) is 7.05 Å². The average Bonchev–Trinajstić information content (AvgIpc) is 3.32. The molecule has 1 saturated heterocycles. The van der Waals surface area contributed by atoms with Gasteiger partial charge in [-0.05, 0) is 56.2 Å². The van der Waals surface area contributed by atoms with E-state index in [2.05, 4.69) is 10.2 Å². The van der Waals surface area contributed by atoms with E-state index in [0.29, 0.717) is 61.1 Å². The summed E-state index contributed by atoms with van der Waals surface area (Å²) in [6.07, 6.45) is 2.34. The van der Waals surface area contributed by atoms with Crippen molar-refractivity contribution in [3.05, 3.63) is 77.1 Å². The predicted octanol–water partition coefficient (Wildman–Crippen LogP) is 3.78. The molecule has 0 radical (unpaired) electrons. The second kappa shape index (κ2) is 12.8. The number of ketones is 1. The molecule has 1 N–H and O–H groups in total. The van der Waals surface area contributed by atoms with Crippen LogP contribution in [-0.2, 0) is 29.7 Å².